The van der Waals surface area contributed by atoms with Crippen molar-refractivity contribution >= 4 is 5.97 Å². The Morgan fingerprint density at radius 1 is 1.59 bits per heavy atom. The average Bonchev–Trinajstić information content (AvgIpc) is 2.66. The van der Waals surface area contributed by atoms with Gasteiger partial charge < -0.3 is 4.74 Å². The summed E-state index contributed by atoms with van der Waals surface area (Å²) < 4.78 is 42.2. The van der Waals surface area contributed by atoms with Gasteiger partial charge in [0.2, 0.25) is 0 Å². The fourth-order valence-corrected chi connectivity index (χ4v) is 1.06. The van der Waals surface area contributed by atoms with E-state index in [0.29, 0.717) is 0 Å². The number of esters is 1. The van der Waals surface area contributed by atoms with Gasteiger partial charge in [0, 0.05) is 12.3 Å². The monoisotopic (exact) mass is 248 g/mol. The van der Waals surface area contributed by atoms with Gasteiger partial charge in [0.25, 0.3) is 0 Å². The van der Waals surface area contributed by atoms with Crippen LogP contribution in [0.5, 0.6) is 0 Å². The second-order valence-corrected chi connectivity index (χ2v) is 3.08. The van der Waals surface area contributed by atoms with Gasteiger partial charge in [-0.25, -0.2) is 4.79 Å². The van der Waals surface area contributed by atoms with Gasteiger partial charge in [-0.1, -0.05) is 6.08 Å². The van der Waals surface area contributed by atoms with Crippen LogP contribution in [0.15, 0.2) is 24.4 Å². The Labute approximate surface area is 95.7 Å². The molecule has 0 aliphatic heterocycles. The first-order valence-electron chi connectivity index (χ1n) is 4.87. The number of rotatable bonds is 4. The molecule has 1 aromatic rings. The molecule has 1 rings (SSSR count). The molecule has 0 unspecified atom stereocenters. The summed E-state index contributed by atoms with van der Waals surface area (Å²) in [7, 11) is 0. The highest BCUT2D eigenvalue weighted by Crippen LogP contribution is 2.27. The van der Waals surface area contributed by atoms with E-state index in [1.165, 1.54) is 12.3 Å². The summed E-state index contributed by atoms with van der Waals surface area (Å²) in [4.78, 5) is 10.9. The summed E-state index contributed by atoms with van der Waals surface area (Å²) in [6.45, 7) is 1.99. The van der Waals surface area contributed by atoms with Crippen LogP contribution >= 0.6 is 0 Å². The maximum atomic E-state index is 12.2. The highest BCUT2D eigenvalue weighted by molar-refractivity contribution is 5.81. The van der Waals surface area contributed by atoms with Crippen molar-refractivity contribution in [2.75, 3.05) is 6.61 Å². The van der Waals surface area contributed by atoms with E-state index in [-0.39, 0.29) is 13.2 Å². The third kappa shape index (κ3) is 4.29. The third-order valence-electron chi connectivity index (χ3n) is 1.76. The zero-order valence-corrected chi connectivity index (χ0v) is 9.07. The molecule has 0 saturated carbocycles. The van der Waals surface area contributed by atoms with Gasteiger partial charge in [0.05, 0.1) is 13.2 Å². The molecule has 0 radical (unpaired) electrons. The molecule has 0 atom stereocenters. The van der Waals surface area contributed by atoms with E-state index in [4.69, 9.17) is 0 Å². The number of carbonyl (C=O) groups is 1. The Morgan fingerprint density at radius 2 is 2.29 bits per heavy atom. The molecule has 94 valence electrons. The smallest absolute Gasteiger partial charge is 0.435 e. The predicted octanol–water partition coefficient (Wildman–Crippen LogP) is 2.02. The normalized spacial score (nSPS) is 12.0. The van der Waals surface area contributed by atoms with E-state index >= 15 is 0 Å². The van der Waals surface area contributed by atoms with Crippen molar-refractivity contribution in [3.8, 4) is 0 Å². The molecule has 4 nitrogen and oxygen atoms in total. The van der Waals surface area contributed by atoms with Crippen LogP contribution < -0.4 is 0 Å². The van der Waals surface area contributed by atoms with Crippen LogP contribution in [-0.4, -0.2) is 22.4 Å². The number of carbonyl (C=O) groups excluding carboxylic acids is 1. The fourth-order valence-electron chi connectivity index (χ4n) is 1.06. The second kappa shape index (κ2) is 5.51. The summed E-state index contributed by atoms with van der Waals surface area (Å²) in [5, 5.41) is 3.31. The Kier molecular flexibility index (Phi) is 4.30. The summed E-state index contributed by atoms with van der Waals surface area (Å²) in [5.41, 5.74) is -0.956. The number of allylic oxidation sites excluding steroid dienone is 1. The zero-order valence-electron chi connectivity index (χ0n) is 9.07. The van der Waals surface area contributed by atoms with Crippen LogP contribution in [0.3, 0.4) is 0 Å². The lowest BCUT2D eigenvalue weighted by Gasteiger charge is -2.00. The van der Waals surface area contributed by atoms with Crippen LogP contribution in [0.4, 0.5) is 13.2 Å². The zero-order chi connectivity index (χ0) is 12.9. The molecule has 0 N–H and O–H groups in total. The molecule has 0 aliphatic carbocycles. The Morgan fingerprint density at radius 3 is 2.82 bits per heavy atom. The van der Waals surface area contributed by atoms with Crippen LogP contribution in [0.2, 0.25) is 0 Å². The number of ether oxygens (including phenoxy) is 1. The van der Waals surface area contributed by atoms with Gasteiger partial charge in [0.15, 0.2) is 5.69 Å². The molecular weight excluding hydrogens is 237 g/mol. The first-order chi connectivity index (χ1) is 7.93. The maximum Gasteiger partial charge on any atom is 0.435 e. The molecule has 0 aliphatic rings. The molecule has 0 aromatic carbocycles. The number of nitrogens with zero attached hydrogens (tertiary/aromatic N) is 2. The molecule has 17 heavy (non-hydrogen) atoms. The van der Waals surface area contributed by atoms with E-state index in [1.807, 2.05) is 0 Å². The van der Waals surface area contributed by atoms with Crippen LogP contribution in [0, 0.1) is 0 Å². The number of alkyl halides is 3. The average molecular weight is 248 g/mol. The number of hydrogen-bond acceptors (Lipinski definition) is 3. The quantitative estimate of drug-likeness (QED) is 0.604. The molecule has 0 amide bonds. The minimum absolute atomic E-state index is 0.0783. The van der Waals surface area contributed by atoms with E-state index in [1.54, 1.807) is 6.92 Å². The highest BCUT2D eigenvalue weighted by Gasteiger charge is 2.33. The lowest BCUT2D eigenvalue weighted by molar-refractivity contribution is -0.141. The topological polar surface area (TPSA) is 44.1 Å². The van der Waals surface area contributed by atoms with Crippen molar-refractivity contribution in [1.82, 2.24) is 9.78 Å². The van der Waals surface area contributed by atoms with E-state index in [0.717, 1.165) is 16.8 Å². The van der Waals surface area contributed by atoms with Gasteiger partial charge in [-0.3, -0.25) is 4.68 Å². The van der Waals surface area contributed by atoms with Crippen molar-refractivity contribution < 1.29 is 22.7 Å². The molecule has 1 heterocycles. The number of aromatic nitrogens is 2. The van der Waals surface area contributed by atoms with E-state index < -0.39 is 17.8 Å². The van der Waals surface area contributed by atoms with Gasteiger partial charge in [-0.05, 0) is 13.0 Å². The first-order valence-corrected chi connectivity index (χ1v) is 4.87. The summed E-state index contributed by atoms with van der Waals surface area (Å²) >= 11 is 0. The molecule has 7 heteroatoms. The van der Waals surface area contributed by atoms with Gasteiger partial charge >= 0.3 is 12.1 Å². The third-order valence-corrected chi connectivity index (χ3v) is 1.76. The lowest BCUT2D eigenvalue weighted by atomic mass is 10.4. The highest BCUT2D eigenvalue weighted by atomic mass is 19.4. The minimum Gasteiger partial charge on any atom is -0.463 e. The molecule has 0 saturated heterocycles. The van der Waals surface area contributed by atoms with Crippen molar-refractivity contribution in [2.24, 2.45) is 0 Å². The Balaban J connectivity index is 2.53. The SMILES string of the molecule is CCOC(=O)/C=C/Cn1ccc(C(F)(F)F)n1. The van der Waals surface area contributed by atoms with Crippen LogP contribution in [-0.2, 0) is 22.3 Å². The van der Waals surface area contributed by atoms with Crippen LogP contribution in [0.1, 0.15) is 12.6 Å². The summed E-state index contributed by atoms with van der Waals surface area (Å²) in [6.07, 6.45) is -0.724. The van der Waals surface area contributed by atoms with Gasteiger partial charge in [-0.15, -0.1) is 0 Å². The van der Waals surface area contributed by atoms with Crippen molar-refractivity contribution in [1.29, 1.82) is 0 Å². The lowest BCUT2D eigenvalue weighted by Crippen LogP contribution is -2.07. The maximum absolute atomic E-state index is 12.2. The summed E-state index contributed by atoms with van der Waals surface area (Å²) in [6, 6.07) is 0.873. The van der Waals surface area contributed by atoms with Crippen molar-refractivity contribution in [3.63, 3.8) is 0 Å². The molecule has 0 fully saturated rings. The standard InChI is InChI=1S/C10H11F3N2O2/c1-2-17-9(16)4-3-6-15-7-5-8(14-15)10(11,12)13/h3-5,7H,2,6H2,1H3/b4-3+. The van der Waals surface area contributed by atoms with E-state index in [2.05, 4.69) is 9.84 Å². The molecule has 0 spiro atoms. The molecular formula is C10H11F3N2O2. The number of hydrogen-bond donors (Lipinski definition) is 0. The molecule has 1 aromatic heterocycles. The second-order valence-electron chi connectivity index (χ2n) is 3.08. The van der Waals surface area contributed by atoms with E-state index in [9.17, 15) is 18.0 Å². The largest absolute Gasteiger partial charge is 0.463 e. The number of halogens is 3. The summed E-state index contributed by atoms with van der Waals surface area (Å²) in [5.74, 6) is -0.532. The van der Waals surface area contributed by atoms with Gasteiger partial charge in [0.1, 0.15) is 0 Å². The first kappa shape index (κ1) is 13.3. The fraction of sp³-hybridized carbons (Fsp3) is 0.400. The minimum atomic E-state index is -4.45. The molecule has 0 bridgehead atoms. The van der Waals surface area contributed by atoms with Crippen molar-refractivity contribution in [3.05, 3.63) is 30.1 Å². The van der Waals surface area contributed by atoms with Crippen LogP contribution in [0.25, 0.3) is 0 Å². The van der Waals surface area contributed by atoms with Gasteiger partial charge in [-0.2, -0.15) is 18.3 Å². The predicted molar refractivity (Wildman–Crippen MR) is 53.0 cm³/mol. The Hall–Kier alpha value is -1.79. The van der Waals surface area contributed by atoms with Crippen molar-refractivity contribution in [2.45, 2.75) is 19.6 Å². The Bertz CT molecular complexity index is 410.